The van der Waals surface area contributed by atoms with Crippen molar-refractivity contribution in [2.75, 3.05) is 13.2 Å². The van der Waals surface area contributed by atoms with Crippen LogP contribution in [0.3, 0.4) is 0 Å². The Bertz CT molecular complexity index is 540. The summed E-state index contributed by atoms with van der Waals surface area (Å²) in [4.78, 5) is 4.46. The normalized spacial score (nSPS) is 10.8. The molecule has 0 saturated heterocycles. The molecule has 0 saturated carbocycles. The highest BCUT2D eigenvalue weighted by Crippen LogP contribution is 2.27. The standard InChI is InChI=1S/C16H23N3O2/c1-2-20-14-10-7-6-9-13(14)16-18-15(21-19-16)11-5-3-4-8-12-17/h6-7,9-10H,2-5,8,11-12,17H2,1H3. The first-order valence-corrected chi connectivity index (χ1v) is 7.60. The lowest BCUT2D eigenvalue weighted by molar-refractivity contribution is 0.340. The van der Waals surface area contributed by atoms with E-state index in [1.54, 1.807) is 0 Å². The van der Waals surface area contributed by atoms with Crippen molar-refractivity contribution in [1.82, 2.24) is 10.1 Å². The van der Waals surface area contributed by atoms with Crippen LogP contribution >= 0.6 is 0 Å². The summed E-state index contributed by atoms with van der Waals surface area (Å²) < 4.78 is 10.9. The fourth-order valence-electron chi connectivity index (χ4n) is 2.17. The van der Waals surface area contributed by atoms with Crippen molar-refractivity contribution in [2.24, 2.45) is 5.73 Å². The first kappa shape index (κ1) is 15.5. The lowest BCUT2D eigenvalue weighted by Crippen LogP contribution is -1.97. The molecular formula is C16H23N3O2. The van der Waals surface area contributed by atoms with Gasteiger partial charge in [0.15, 0.2) is 0 Å². The largest absolute Gasteiger partial charge is 0.493 e. The van der Waals surface area contributed by atoms with Gasteiger partial charge in [-0.3, -0.25) is 0 Å². The minimum atomic E-state index is 0.594. The van der Waals surface area contributed by atoms with Gasteiger partial charge in [0.25, 0.3) is 0 Å². The van der Waals surface area contributed by atoms with Gasteiger partial charge < -0.3 is 15.0 Å². The van der Waals surface area contributed by atoms with E-state index in [0.29, 0.717) is 18.3 Å². The third kappa shape index (κ3) is 4.56. The molecule has 0 bridgehead atoms. The SMILES string of the molecule is CCOc1ccccc1-c1noc(CCCCCCN)n1. The van der Waals surface area contributed by atoms with Crippen LogP contribution in [-0.2, 0) is 6.42 Å². The Hall–Kier alpha value is -1.88. The van der Waals surface area contributed by atoms with Crippen molar-refractivity contribution in [3.8, 4) is 17.1 Å². The Morgan fingerprint density at radius 3 is 2.76 bits per heavy atom. The number of unbranched alkanes of at least 4 members (excludes halogenated alkanes) is 3. The molecule has 1 aromatic carbocycles. The van der Waals surface area contributed by atoms with Gasteiger partial charge in [0.1, 0.15) is 5.75 Å². The second kappa shape index (κ2) is 8.42. The molecule has 2 rings (SSSR count). The zero-order valence-electron chi connectivity index (χ0n) is 12.5. The topological polar surface area (TPSA) is 74.2 Å². The number of hydrogen-bond acceptors (Lipinski definition) is 5. The molecule has 1 heterocycles. The number of nitrogens with zero attached hydrogens (tertiary/aromatic N) is 2. The summed E-state index contributed by atoms with van der Waals surface area (Å²) in [5.41, 5.74) is 6.35. The van der Waals surface area contributed by atoms with Crippen molar-refractivity contribution >= 4 is 0 Å². The average Bonchev–Trinajstić information content (AvgIpc) is 2.97. The average molecular weight is 289 g/mol. The Labute approximate surface area is 125 Å². The number of aromatic nitrogens is 2. The van der Waals surface area contributed by atoms with E-state index in [0.717, 1.165) is 50.0 Å². The summed E-state index contributed by atoms with van der Waals surface area (Å²) in [6, 6.07) is 7.75. The molecule has 0 amide bonds. The lowest BCUT2D eigenvalue weighted by Gasteiger charge is -2.05. The summed E-state index contributed by atoms with van der Waals surface area (Å²) >= 11 is 0. The van der Waals surface area contributed by atoms with Crippen LogP contribution in [-0.4, -0.2) is 23.3 Å². The minimum Gasteiger partial charge on any atom is -0.493 e. The minimum absolute atomic E-state index is 0.594. The molecule has 114 valence electrons. The number of ether oxygens (including phenoxy) is 1. The molecule has 0 fully saturated rings. The van der Waals surface area contributed by atoms with Gasteiger partial charge in [-0.25, -0.2) is 0 Å². The first-order chi connectivity index (χ1) is 10.3. The molecule has 21 heavy (non-hydrogen) atoms. The highest BCUT2D eigenvalue weighted by molar-refractivity contribution is 5.63. The van der Waals surface area contributed by atoms with Gasteiger partial charge in [-0.1, -0.05) is 30.1 Å². The Morgan fingerprint density at radius 2 is 1.95 bits per heavy atom. The Morgan fingerprint density at radius 1 is 1.14 bits per heavy atom. The molecular weight excluding hydrogens is 266 g/mol. The van der Waals surface area contributed by atoms with Crippen LogP contribution in [0.25, 0.3) is 11.4 Å². The van der Waals surface area contributed by atoms with Gasteiger partial charge in [0.05, 0.1) is 12.2 Å². The summed E-state index contributed by atoms with van der Waals surface area (Å²) in [5, 5.41) is 4.06. The van der Waals surface area contributed by atoms with Crippen molar-refractivity contribution in [3.63, 3.8) is 0 Å². The maximum atomic E-state index is 5.59. The van der Waals surface area contributed by atoms with E-state index < -0.39 is 0 Å². The van der Waals surface area contributed by atoms with E-state index in [-0.39, 0.29) is 0 Å². The van der Waals surface area contributed by atoms with Crippen LogP contribution in [0.2, 0.25) is 0 Å². The molecule has 0 spiro atoms. The molecule has 0 aliphatic rings. The van der Waals surface area contributed by atoms with Crippen LogP contribution in [0.5, 0.6) is 5.75 Å². The number of para-hydroxylation sites is 1. The van der Waals surface area contributed by atoms with E-state index in [1.807, 2.05) is 31.2 Å². The highest BCUT2D eigenvalue weighted by atomic mass is 16.5. The lowest BCUT2D eigenvalue weighted by atomic mass is 10.1. The zero-order valence-corrected chi connectivity index (χ0v) is 12.5. The second-order valence-corrected chi connectivity index (χ2v) is 4.89. The number of aryl methyl sites for hydroxylation is 1. The third-order valence-electron chi connectivity index (χ3n) is 3.24. The van der Waals surface area contributed by atoms with Crippen molar-refractivity contribution in [2.45, 2.75) is 39.0 Å². The predicted octanol–water partition coefficient (Wildman–Crippen LogP) is 3.20. The van der Waals surface area contributed by atoms with Crippen LogP contribution in [0, 0.1) is 0 Å². The molecule has 0 aliphatic heterocycles. The van der Waals surface area contributed by atoms with Gasteiger partial charge >= 0.3 is 0 Å². The van der Waals surface area contributed by atoms with Gasteiger partial charge in [-0.05, 0) is 38.4 Å². The number of hydrogen-bond donors (Lipinski definition) is 1. The molecule has 0 aliphatic carbocycles. The van der Waals surface area contributed by atoms with Crippen LogP contribution in [0.4, 0.5) is 0 Å². The zero-order chi connectivity index (χ0) is 14.9. The molecule has 0 unspecified atom stereocenters. The van der Waals surface area contributed by atoms with E-state index >= 15 is 0 Å². The van der Waals surface area contributed by atoms with Gasteiger partial charge in [-0.15, -0.1) is 0 Å². The predicted molar refractivity (Wildman–Crippen MR) is 82.1 cm³/mol. The summed E-state index contributed by atoms with van der Waals surface area (Å²) in [6.07, 6.45) is 5.25. The quantitative estimate of drug-likeness (QED) is 0.717. The van der Waals surface area contributed by atoms with Crippen molar-refractivity contribution < 1.29 is 9.26 Å². The smallest absolute Gasteiger partial charge is 0.226 e. The Balaban J connectivity index is 1.96. The molecule has 0 atom stereocenters. The first-order valence-electron chi connectivity index (χ1n) is 7.60. The highest BCUT2D eigenvalue weighted by Gasteiger charge is 2.12. The monoisotopic (exact) mass is 289 g/mol. The summed E-state index contributed by atoms with van der Waals surface area (Å²) in [6.45, 7) is 3.33. The van der Waals surface area contributed by atoms with Crippen molar-refractivity contribution in [1.29, 1.82) is 0 Å². The molecule has 2 N–H and O–H groups in total. The van der Waals surface area contributed by atoms with Gasteiger partial charge in [0.2, 0.25) is 11.7 Å². The van der Waals surface area contributed by atoms with Crippen LogP contribution < -0.4 is 10.5 Å². The maximum Gasteiger partial charge on any atom is 0.226 e. The molecule has 0 radical (unpaired) electrons. The van der Waals surface area contributed by atoms with Crippen molar-refractivity contribution in [3.05, 3.63) is 30.2 Å². The third-order valence-corrected chi connectivity index (χ3v) is 3.24. The van der Waals surface area contributed by atoms with Gasteiger partial charge in [0, 0.05) is 6.42 Å². The molecule has 2 aromatic rings. The second-order valence-electron chi connectivity index (χ2n) is 4.89. The van der Waals surface area contributed by atoms with E-state index in [2.05, 4.69) is 10.1 Å². The van der Waals surface area contributed by atoms with E-state index in [4.69, 9.17) is 15.0 Å². The van der Waals surface area contributed by atoms with Crippen LogP contribution in [0.1, 0.15) is 38.5 Å². The molecule has 5 heteroatoms. The summed E-state index contributed by atoms with van der Waals surface area (Å²) in [5.74, 6) is 2.07. The fraction of sp³-hybridized carbons (Fsp3) is 0.500. The van der Waals surface area contributed by atoms with E-state index in [1.165, 1.54) is 0 Å². The maximum absolute atomic E-state index is 5.59. The number of benzene rings is 1. The molecule has 1 aromatic heterocycles. The van der Waals surface area contributed by atoms with Gasteiger partial charge in [-0.2, -0.15) is 4.98 Å². The Kier molecular flexibility index (Phi) is 6.22. The number of nitrogens with two attached hydrogens (primary N) is 1. The summed E-state index contributed by atoms with van der Waals surface area (Å²) in [7, 11) is 0. The molecule has 5 nitrogen and oxygen atoms in total. The fourth-order valence-corrected chi connectivity index (χ4v) is 2.17. The van der Waals surface area contributed by atoms with Crippen LogP contribution in [0.15, 0.2) is 28.8 Å². The van der Waals surface area contributed by atoms with E-state index in [9.17, 15) is 0 Å². The number of rotatable bonds is 9.